The van der Waals surface area contributed by atoms with Gasteiger partial charge in [0.15, 0.2) is 6.10 Å². The summed E-state index contributed by atoms with van der Waals surface area (Å²) in [5, 5.41) is 11.9. The van der Waals surface area contributed by atoms with Gasteiger partial charge < -0.3 is 20.9 Å². The fraction of sp³-hybridized carbons (Fsp3) is 0.385. The number of rotatable bonds is 5. The Morgan fingerprint density at radius 2 is 2.21 bits per heavy atom. The predicted octanol–water partition coefficient (Wildman–Crippen LogP) is 0.830. The first-order valence-electron chi connectivity index (χ1n) is 6.08. The third-order valence-electron chi connectivity index (χ3n) is 3.06. The summed E-state index contributed by atoms with van der Waals surface area (Å²) in [6.45, 7) is 0.506. The molecule has 1 heterocycles. The van der Waals surface area contributed by atoms with Crippen LogP contribution < -0.4 is 11.1 Å². The maximum atomic E-state index is 11.0. The lowest BCUT2D eigenvalue weighted by molar-refractivity contribution is -0.149. The van der Waals surface area contributed by atoms with Crippen LogP contribution in [0.15, 0.2) is 24.3 Å². The van der Waals surface area contributed by atoms with E-state index in [-0.39, 0.29) is 6.10 Å². The Morgan fingerprint density at radius 1 is 1.42 bits per heavy atom. The van der Waals surface area contributed by atoms with Gasteiger partial charge in [0.2, 0.25) is 5.91 Å². The number of aliphatic carboxylic acids is 1. The van der Waals surface area contributed by atoms with Crippen molar-refractivity contribution in [3.8, 4) is 0 Å². The van der Waals surface area contributed by atoms with Gasteiger partial charge in [-0.25, -0.2) is 4.79 Å². The van der Waals surface area contributed by atoms with Crippen molar-refractivity contribution >= 4 is 17.6 Å². The minimum Gasteiger partial charge on any atom is -0.479 e. The maximum Gasteiger partial charge on any atom is 0.332 e. The van der Waals surface area contributed by atoms with Crippen LogP contribution in [-0.2, 0) is 9.53 Å². The topological polar surface area (TPSA) is 102 Å². The molecule has 0 bridgehead atoms. The molecule has 19 heavy (non-hydrogen) atoms. The predicted molar refractivity (Wildman–Crippen MR) is 69.0 cm³/mol. The van der Waals surface area contributed by atoms with Gasteiger partial charge in [0, 0.05) is 17.8 Å². The quantitative estimate of drug-likeness (QED) is 0.731. The Balaban J connectivity index is 1.88. The number of carboxylic acids is 1. The van der Waals surface area contributed by atoms with Gasteiger partial charge in [-0.05, 0) is 31.0 Å². The molecule has 0 radical (unpaired) electrons. The first-order valence-corrected chi connectivity index (χ1v) is 6.08. The summed E-state index contributed by atoms with van der Waals surface area (Å²) >= 11 is 0. The maximum absolute atomic E-state index is 11.0. The number of nitrogens with two attached hydrogens (primary N) is 1. The van der Waals surface area contributed by atoms with Crippen LogP contribution in [0.2, 0.25) is 0 Å². The molecule has 2 rings (SSSR count). The molecule has 1 aromatic rings. The Kier molecular flexibility index (Phi) is 4.01. The van der Waals surface area contributed by atoms with Crippen LogP contribution in [0, 0.1) is 0 Å². The molecule has 6 nitrogen and oxygen atoms in total. The summed E-state index contributed by atoms with van der Waals surface area (Å²) in [6.07, 6.45) is 0.407. The molecule has 1 saturated heterocycles. The number of carbonyl (C=O) groups excluding carboxylic acids is 1. The molecule has 6 heteroatoms. The monoisotopic (exact) mass is 264 g/mol. The number of primary amides is 1. The van der Waals surface area contributed by atoms with Gasteiger partial charge in [0.1, 0.15) is 0 Å². The van der Waals surface area contributed by atoms with Gasteiger partial charge in [-0.2, -0.15) is 0 Å². The summed E-state index contributed by atoms with van der Waals surface area (Å²) in [5.41, 5.74) is 6.39. The van der Waals surface area contributed by atoms with E-state index < -0.39 is 18.0 Å². The third-order valence-corrected chi connectivity index (χ3v) is 3.06. The van der Waals surface area contributed by atoms with E-state index in [2.05, 4.69) is 5.32 Å². The molecule has 0 spiro atoms. The molecule has 4 N–H and O–H groups in total. The summed E-state index contributed by atoms with van der Waals surface area (Å²) in [6, 6.07) is 6.85. The van der Waals surface area contributed by atoms with Crippen molar-refractivity contribution < 1.29 is 19.4 Å². The number of anilines is 1. The molecule has 1 aliphatic rings. The molecule has 1 fully saturated rings. The second kappa shape index (κ2) is 5.71. The van der Waals surface area contributed by atoms with E-state index in [1.807, 2.05) is 6.07 Å². The highest BCUT2D eigenvalue weighted by Gasteiger charge is 2.30. The summed E-state index contributed by atoms with van der Waals surface area (Å²) in [5.74, 6) is -1.40. The number of benzene rings is 1. The van der Waals surface area contributed by atoms with Gasteiger partial charge in [-0.15, -0.1) is 0 Å². The molecular weight excluding hydrogens is 248 g/mol. The largest absolute Gasteiger partial charge is 0.479 e. The van der Waals surface area contributed by atoms with Crippen LogP contribution in [0.1, 0.15) is 23.2 Å². The fourth-order valence-electron chi connectivity index (χ4n) is 2.05. The van der Waals surface area contributed by atoms with Crippen molar-refractivity contribution in [2.24, 2.45) is 5.73 Å². The second-order valence-electron chi connectivity index (χ2n) is 4.49. The average Bonchev–Trinajstić information content (AvgIpc) is 2.85. The summed E-state index contributed by atoms with van der Waals surface area (Å²) < 4.78 is 5.37. The molecule has 0 saturated carbocycles. The van der Waals surface area contributed by atoms with Crippen LogP contribution >= 0.6 is 0 Å². The Hall–Kier alpha value is -2.08. The van der Waals surface area contributed by atoms with E-state index in [1.54, 1.807) is 18.2 Å². The third kappa shape index (κ3) is 3.45. The molecule has 1 aromatic carbocycles. The SMILES string of the molecule is NC(=O)c1cccc(NCC2CCC(C(=O)O)O2)c1. The molecule has 0 aliphatic carbocycles. The van der Waals surface area contributed by atoms with Crippen LogP contribution in [0.3, 0.4) is 0 Å². The number of nitrogens with one attached hydrogen (secondary N) is 1. The van der Waals surface area contributed by atoms with Crippen molar-refractivity contribution in [1.82, 2.24) is 0 Å². The van der Waals surface area contributed by atoms with Crippen LogP contribution in [0.25, 0.3) is 0 Å². The summed E-state index contributed by atoms with van der Waals surface area (Å²) in [7, 11) is 0. The van der Waals surface area contributed by atoms with Gasteiger partial charge >= 0.3 is 5.97 Å². The molecular formula is C13H16N2O4. The van der Waals surface area contributed by atoms with Crippen LogP contribution in [0.5, 0.6) is 0 Å². The molecule has 102 valence electrons. The van der Waals surface area contributed by atoms with Crippen molar-refractivity contribution in [3.63, 3.8) is 0 Å². The summed E-state index contributed by atoms with van der Waals surface area (Å²) in [4.78, 5) is 21.8. The highest BCUT2D eigenvalue weighted by atomic mass is 16.5. The van der Waals surface area contributed by atoms with E-state index in [1.165, 1.54) is 0 Å². The highest BCUT2D eigenvalue weighted by Crippen LogP contribution is 2.20. The number of hydrogen-bond donors (Lipinski definition) is 3. The number of hydrogen-bond acceptors (Lipinski definition) is 4. The fourth-order valence-corrected chi connectivity index (χ4v) is 2.05. The average molecular weight is 264 g/mol. The van der Waals surface area contributed by atoms with Crippen molar-refractivity contribution in [2.45, 2.75) is 25.0 Å². The first kappa shape index (κ1) is 13.4. The standard InChI is InChI=1S/C13H16N2O4/c14-12(16)8-2-1-3-9(6-8)15-7-10-4-5-11(19-10)13(17)18/h1-3,6,10-11,15H,4-5,7H2,(H2,14,16)(H,17,18). The zero-order valence-electron chi connectivity index (χ0n) is 10.3. The highest BCUT2D eigenvalue weighted by molar-refractivity contribution is 5.93. The molecule has 2 atom stereocenters. The Labute approximate surface area is 110 Å². The second-order valence-corrected chi connectivity index (χ2v) is 4.49. The number of carboxylic acid groups (broad SMARTS) is 1. The van der Waals surface area contributed by atoms with E-state index in [9.17, 15) is 9.59 Å². The number of carbonyl (C=O) groups is 2. The van der Waals surface area contributed by atoms with Gasteiger partial charge in [0.05, 0.1) is 6.10 Å². The lowest BCUT2D eigenvalue weighted by Gasteiger charge is -2.13. The minimum atomic E-state index is -0.918. The molecule has 0 aromatic heterocycles. The molecule has 1 amide bonds. The van der Waals surface area contributed by atoms with E-state index >= 15 is 0 Å². The van der Waals surface area contributed by atoms with E-state index in [0.717, 1.165) is 5.69 Å². The van der Waals surface area contributed by atoms with Gasteiger partial charge in [-0.3, -0.25) is 4.79 Å². The lowest BCUT2D eigenvalue weighted by atomic mass is 10.1. The van der Waals surface area contributed by atoms with Crippen LogP contribution in [-0.4, -0.2) is 35.7 Å². The number of amides is 1. The normalized spacial score (nSPS) is 22.1. The minimum absolute atomic E-state index is 0.127. The van der Waals surface area contributed by atoms with Crippen molar-refractivity contribution in [2.75, 3.05) is 11.9 Å². The molecule has 2 unspecified atom stereocenters. The zero-order valence-corrected chi connectivity index (χ0v) is 10.3. The van der Waals surface area contributed by atoms with Crippen molar-refractivity contribution in [1.29, 1.82) is 0 Å². The smallest absolute Gasteiger partial charge is 0.332 e. The van der Waals surface area contributed by atoms with E-state index in [4.69, 9.17) is 15.6 Å². The Morgan fingerprint density at radius 3 is 2.84 bits per heavy atom. The van der Waals surface area contributed by atoms with Crippen molar-refractivity contribution in [3.05, 3.63) is 29.8 Å². The van der Waals surface area contributed by atoms with Crippen LogP contribution in [0.4, 0.5) is 5.69 Å². The Bertz CT molecular complexity index is 489. The van der Waals surface area contributed by atoms with E-state index in [0.29, 0.717) is 24.9 Å². The lowest BCUT2D eigenvalue weighted by Crippen LogP contribution is -2.24. The van der Waals surface area contributed by atoms with Gasteiger partial charge in [0.25, 0.3) is 0 Å². The first-order chi connectivity index (χ1) is 9.06. The number of ether oxygens (including phenoxy) is 1. The van der Waals surface area contributed by atoms with Gasteiger partial charge in [-0.1, -0.05) is 6.07 Å². The zero-order chi connectivity index (χ0) is 13.8. The molecule has 1 aliphatic heterocycles.